The summed E-state index contributed by atoms with van der Waals surface area (Å²) in [5.74, 6) is 1.86. The van der Waals surface area contributed by atoms with Crippen LogP contribution in [-0.2, 0) is 61.3 Å². The lowest BCUT2D eigenvalue weighted by Crippen LogP contribution is -2.62. The van der Waals surface area contributed by atoms with Crippen molar-refractivity contribution in [1.82, 2.24) is 0 Å². The molecule has 1 saturated heterocycles. The lowest BCUT2D eigenvalue weighted by molar-refractivity contribution is -0.310. The van der Waals surface area contributed by atoms with Gasteiger partial charge in [-0.05, 0) is 52.8 Å². The number of benzene rings is 6. The molecule has 6 aromatic rings. The molecule has 2 aliphatic heterocycles. The van der Waals surface area contributed by atoms with E-state index in [0.29, 0.717) is 55.7 Å². The molecule has 0 aromatic heterocycles. The molecule has 2 heterocycles. The molecule has 6 atom stereocenters. The topological polar surface area (TPSA) is 100 Å². The summed E-state index contributed by atoms with van der Waals surface area (Å²) in [6.07, 6.45) is -2.56. The van der Waals surface area contributed by atoms with Crippen molar-refractivity contribution < 1.29 is 47.4 Å². The highest BCUT2D eigenvalue weighted by Gasteiger charge is 2.50. The second-order valence-electron chi connectivity index (χ2n) is 15.4. The molecule has 320 valence electrons. The Balaban J connectivity index is 1.13. The first-order valence-electron chi connectivity index (χ1n) is 21.1. The molecule has 0 radical (unpaired) electrons. The van der Waals surface area contributed by atoms with Crippen molar-refractivity contribution >= 4 is 5.97 Å². The summed E-state index contributed by atoms with van der Waals surface area (Å²) in [5, 5.41) is 0. The van der Waals surface area contributed by atoms with Crippen molar-refractivity contribution in [1.29, 1.82) is 0 Å². The average Bonchev–Trinajstić information content (AvgIpc) is 3.31. The first-order chi connectivity index (χ1) is 30.5. The lowest BCUT2D eigenvalue weighted by Gasteiger charge is -2.46. The number of carbonyl (C=O) groups excluding carboxylic acids is 1. The fraction of sp³-hybridized carbons (Fsp3) is 0.288. The van der Waals surface area contributed by atoms with Gasteiger partial charge < -0.3 is 42.6 Å². The minimum Gasteiger partial charge on any atom is -0.496 e. The fourth-order valence-electron chi connectivity index (χ4n) is 7.78. The molecule has 0 aliphatic carbocycles. The van der Waals surface area contributed by atoms with Gasteiger partial charge >= 0.3 is 5.97 Å². The number of carbonyl (C=O) groups is 1. The zero-order valence-electron chi connectivity index (χ0n) is 35.0. The van der Waals surface area contributed by atoms with Crippen molar-refractivity contribution in [2.45, 2.75) is 83.0 Å². The van der Waals surface area contributed by atoms with Crippen molar-refractivity contribution in [3.63, 3.8) is 0 Å². The van der Waals surface area contributed by atoms with Crippen LogP contribution in [0.1, 0.15) is 52.8 Å². The van der Waals surface area contributed by atoms with Gasteiger partial charge in [0, 0.05) is 24.6 Å². The van der Waals surface area contributed by atoms with Gasteiger partial charge in [0.1, 0.15) is 53.5 Å². The van der Waals surface area contributed by atoms with Crippen LogP contribution in [0.25, 0.3) is 0 Å². The van der Waals surface area contributed by atoms with Gasteiger partial charge in [-0.1, -0.05) is 133 Å². The Bertz CT molecular complexity index is 2290. The minimum absolute atomic E-state index is 0.196. The molecular formula is C52H52O10. The van der Waals surface area contributed by atoms with E-state index in [0.717, 1.165) is 33.4 Å². The monoisotopic (exact) mass is 836 g/mol. The van der Waals surface area contributed by atoms with Crippen molar-refractivity contribution in [2.24, 2.45) is 0 Å². The number of hydrogen-bond donors (Lipinski definition) is 0. The summed E-state index contributed by atoms with van der Waals surface area (Å²) in [6.45, 7) is 2.86. The molecule has 0 bridgehead atoms. The molecule has 2 aliphatic rings. The third-order valence-electron chi connectivity index (χ3n) is 10.9. The Morgan fingerprint density at radius 2 is 1.15 bits per heavy atom. The van der Waals surface area contributed by atoms with Gasteiger partial charge in [0.15, 0.2) is 0 Å². The molecule has 1 fully saturated rings. The maximum atomic E-state index is 11.5. The quantitative estimate of drug-likeness (QED) is 0.0615. The predicted octanol–water partition coefficient (Wildman–Crippen LogP) is 9.76. The maximum Gasteiger partial charge on any atom is 0.308 e. The van der Waals surface area contributed by atoms with Crippen LogP contribution in [0.5, 0.6) is 23.0 Å². The van der Waals surface area contributed by atoms with E-state index in [4.69, 9.17) is 42.6 Å². The number of fused-ring (bicyclic) bond motifs is 1. The van der Waals surface area contributed by atoms with Gasteiger partial charge in [-0.3, -0.25) is 4.79 Å². The molecule has 10 nitrogen and oxygen atoms in total. The van der Waals surface area contributed by atoms with Crippen LogP contribution in [-0.4, -0.2) is 50.4 Å². The summed E-state index contributed by atoms with van der Waals surface area (Å²) in [6, 6.07) is 51.3. The van der Waals surface area contributed by atoms with Crippen LogP contribution < -0.4 is 18.9 Å². The van der Waals surface area contributed by atoms with Gasteiger partial charge in [-0.2, -0.15) is 0 Å². The zero-order chi connectivity index (χ0) is 42.5. The molecule has 10 heteroatoms. The molecule has 8 rings (SSSR count). The minimum atomic E-state index is -0.968. The van der Waals surface area contributed by atoms with Crippen LogP contribution >= 0.6 is 0 Å². The molecule has 0 N–H and O–H groups in total. The van der Waals surface area contributed by atoms with Crippen molar-refractivity contribution in [2.75, 3.05) is 13.7 Å². The van der Waals surface area contributed by atoms with Crippen LogP contribution in [0.15, 0.2) is 158 Å². The fourth-order valence-corrected chi connectivity index (χ4v) is 7.78. The molecule has 0 saturated carbocycles. The third-order valence-corrected chi connectivity index (χ3v) is 10.9. The van der Waals surface area contributed by atoms with E-state index in [-0.39, 0.29) is 25.3 Å². The summed E-state index contributed by atoms with van der Waals surface area (Å²) < 4.78 is 58.8. The second kappa shape index (κ2) is 21.2. The van der Waals surface area contributed by atoms with Gasteiger partial charge in [0.05, 0.1) is 40.1 Å². The summed E-state index contributed by atoms with van der Waals surface area (Å²) in [7, 11) is 1.62. The van der Waals surface area contributed by atoms with E-state index in [9.17, 15) is 4.79 Å². The highest BCUT2D eigenvalue weighted by Crippen LogP contribution is 2.44. The average molecular weight is 837 g/mol. The van der Waals surface area contributed by atoms with E-state index in [1.54, 1.807) is 19.2 Å². The van der Waals surface area contributed by atoms with E-state index in [2.05, 4.69) is 0 Å². The highest BCUT2D eigenvalue weighted by molar-refractivity contribution is 5.69. The smallest absolute Gasteiger partial charge is 0.308 e. The number of methoxy groups -OCH3 is 1. The van der Waals surface area contributed by atoms with Gasteiger partial charge in [-0.25, -0.2) is 0 Å². The molecular weight excluding hydrogens is 785 g/mol. The van der Waals surface area contributed by atoms with Crippen LogP contribution in [0.2, 0.25) is 0 Å². The molecule has 2 unspecified atom stereocenters. The second-order valence-corrected chi connectivity index (χ2v) is 15.4. The Hall–Kier alpha value is -6.01. The molecule has 62 heavy (non-hydrogen) atoms. The predicted molar refractivity (Wildman–Crippen MR) is 233 cm³/mol. The van der Waals surface area contributed by atoms with Gasteiger partial charge in [0.25, 0.3) is 0 Å². The standard InChI is InChI=1S/C52H52O10/c1-36(53)59-42-25-23-41(24-26-42)45-28-27-44-46(60-45)29-43(54-2)30-47(44)61-52-51(58-34-40-21-13-6-14-22-40)50(57-33-39-19-11-5-12-20-39)49(56-32-38-17-9-4-10-18-38)48(62-52)35-55-31-37-15-7-3-8-16-37/h3-26,29-30,45,48-52H,27-28,31-35H2,1-2H3/t45?,48-,49-,50+,51-,52?/m1/s1. The van der Waals surface area contributed by atoms with Gasteiger partial charge in [-0.15, -0.1) is 0 Å². The summed E-state index contributed by atoms with van der Waals surface area (Å²) >= 11 is 0. The van der Waals surface area contributed by atoms with E-state index in [1.807, 2.05) is 146 Å². The highest BCUT2D eigenvalue weighted by atomic mass is 16.7. The third kappa shape index (κ3) is 11.3. The molecule has 0 amide bonds. The zero-order valence-corrected chi connectivity index (χ0v) is 35.0. The first-order valence-corrected chi connectivity index (χ1v) is 21.1. The number of rotatable bonds is 18. The van der Waals surface area contributed by atoms with Crippen molar-refractivity contribution in [3.8, 4) is 23.0 Å². The first kappa shape index (κ1) is 42.7. The Morgan fingerprint density at radius 1 is 0.613 bits per heavy atom. The van der Waals surface area contributed by atoms with Crippen LogP contribution in [0.4, 0.5) is 0 Å². The molecule has 0 spiro atoms. The van der Waals surface area contributed by atoms with E-state index >= 15 is 0 Å². The Kier molecular flexibility index (Phi) is 14.6. The van der Waals surface area contributed by atoms with E-state index in [1.165, 1.54) is 6.92 Å². The van der Waals surface area contributed by atoms with Gasteiger partial charge in [0.2, 0.25) is 6.29 Å². The Morgan fingerprint density at radius 3 is 1.69 bits per heavy atom. The van der Waals surface area contributed by atoms with Crippen LogP contribution in [0, 0.1) is 0 Å². The molecule has 6 aromatic carbocycles. The normalized spacial score (nSPS) is 20.7. The van der Waals surface area contributed by atoms with Crippen molar-refractivity contribution in [3.05, 3.63) is 191 Å². The van der Waals surface area contributed by atoms with E-state index < -0.39 is 30.7 Å². The summed E-state index contributed by atoms with van der Waals surface area (Å²) in [5.41, 5.74) is 5.89. The SMILES string of the molecule is COc1cc2c(c(OC3O[C@H](COCc4ccccc4)[C@@H](OCc4ccccc4)[C@H](OCc4ccccc4)[C@H]3OCc3ccccc3)c1)CCC(c1ccc(OC(C)=O)cc1)O2. The number of hydrogen-bond acceptors (Lipinski definition) is 10. The largest absolute Gasteiger partial charge is 0.496 e. The number of ether oxygens (including phenoxy) is 9. The lowest BCUT2D eigenvalue weighted by atomic mass is 9.96. The van der Waals surface area contributed by atoms with Crippen LogP contribution in [0.3, 0.4) is 0 Å². The maximum absolute atomic E-state index is 11.5. The Labute approximate surface area is 363 Å². The number of esters is 1. The summed E-state index contributed by atoms with van der Waals surface area (Å²) in [4.78, 5) is 11.5.